The summed E-state index contributed by atoms with van der Waals surface area (Å²) in [5, 5.41) is 3.19. The molecule has 0 spiro atoms. The largest absolute Gasteiger partial charge is 0.368 e. The van der Waals surface area contributed by atoms with Crippen LogP contribution in [-0.4, -0.2) is 26.1 Å². The van der Waals surface area contributed by atoms with Crippen molar-refractivity contribution in [1.29, 1.82) is 0 Å². The summed E-state index contributed by atoms with van der Waals surface area (Å²) >= 11 is 3.48. The Morgan fingerprint density at radius 1 is 1.38 bits per heavy atom. The lowest BCUT2D eigenvalue weighted by Gasteiger charge is -2.03. The van der Waals surface area contributed by atoms with Gasteiger partial charge in [0.2, 0.25) is 0 Å². The van der Waals surface area contributed by atoms with Crippen molar-refractivity contribution in [3.8, 4) is 0 Å². The van der Waals surface area contributed by atoms with Gasteiger partial charge >= 0.3 is 0 Å². The van der Waals surface area contributed by atoms with Crippen molar-refractivity contribution < 1.29 is 0 Å². The third kappa shape index (κ3) is 2.57. The number of nitrogens with zero attached hydrogens (tertiary/aromatic N) is 4. The highest BCUT2D eigenvalue weighted by Crippen LogP contribution is 2.14. The predicted octanol–water partition coefficient (Wildman–Crippen LogP) is 1.63. The quantitative estimate of drug-likeness (QED) is 0.926. The first-order chi connectivity index (χ1) is 7.77. The Balaban J connectivity index is 1.87. The summed E-state index contributed by atoms with van der Waals surface area (Å²) in [6.45, 7) is 0.786. The summed E-state index contributed by atoms with van der Waals surface area (Å²) in [5.41, 5.74) is 1.04. The molecule has 0 radical (unpaired) electrons. The molecular weight excluding hydrogens is 270 g/mol. The van der Waals surface area contributed by atoms with Gasteiger partial charge in [0.15, 0.2) is 0 Å². The lowest BCUT2D eigenvalue weighted by molar-refractivity contribution is 0.883. The molecule has 84 valence electrons. The Bertz CT molecular complexity index is 453. The minimum atomic E-state index is 0.786. The molecule has 16 heavy (non-hydrogen) atoms. The molecule has 1 N–H and O–H groups in total. The number of aryl methyl sites for hydroxylation is 1. The number of imidazole rings is 1. The lowest BCUT2D eigenvalue weighted by atomic mass is 10.3. The third-order valence-corrected chi connectivity index (χ3v) is 3.18. The number of hydrogen-bond donors (Lipinski definition) is 1. The lowest BCUT2D eigenvalue weighted by Crippen LogP contribution is -2.07. The van der Waals surface area contributed by atoms with E-state index < -0.39 is 0 Å². The van der Waals surface area contributed by atoms with Crippen LogP contribution in [0.15, 0.2) is 29.5 Å². The molecule has 0 aliphatic rings. The van der Waals surface area contributed by atoms with Crippen molar-refractivity contribution in [2.24, 2.45) is 7.05 Å². The van der Waals surface area contributed by atoms with Crippen LogP contribution in [0.5, 0.6) is 0 Å². The first-order valence-electron chi connectivity index (χ1n) is 4.93. The van der Waals surface area contributed by atoms with E-state index in [4.69, 9.17) is 0 Å². The topological polar surface area (TPSA) is 55.6 Å². The van der Waals surface area contributed by atoms with E-state index in [0.717, 1.165) is 29.1 Å². The summed E-state index contributed by atoms with van der Waals surface area (Å²) in [7, 11) is 1.96. The SMILES string of the molecule is Cn1cnc(CCNc2cnccn2)c1Br. The van der Waals surface area contributed by atoms with Crippen molar-refractivity contribution in [1.82, 2.24) is 19.5 Å². The number of anilines is 1. The normalized spacial score (nSPS) is 10.4. The van der Waals surface area contributed by atoms with E-state index in [1.54, 1.807) is 24.9 Å². The summed E-state index contributed by atoms with van der Waals surface area (Å²) in [6.07, 6.45) is 7.66. The summed E-state index contributed by atoms with van der Waals surface area (Å²) in [4.78, 5) is 12.4. The molecule has 2 heterocycles. The molecule has 0 amide bonds. The highest BCUT2D eigenvalue weighted by atomic mass is 79.9. The zero-order valence-electron chi connectivity index (χ0n) is 8.89. The van der Waals surface area contributed by atoms with Crippen molar-refractivity contribution in [2.75, 3.05) is 11.9 Å². The van der Waals surface area contributed by atoms with Gasteiger partial charge < -0.3 is 9.88 Å². The molecule has 6 heteroatoms. The van der Waals surface area contributed by atoms with E-state index in [-0.39, 0.29) is 0 Å². The van der Waals surface area contributed by atoms with Gasteiger partial charge in [-0.3, -0.25) is 4.98 Å². The van der Waals surface area contributed by atoms with Crippen LogP contribution in [0, 0.1) is 0 Å². The fourth-order valence-corrected chi connectivity index (χ4v) is 1.72. The van der Waals surface area contributed by atoms with Crippen LogP contribution in [0.1, 0.15) is 5.69 Å². The highest BCUT2D eigenvalue weighted by Gasteiger charge is 2.04. The molecule has 0 saturated heterocycles. The van der Waals surface area contributed by atoms with Crippen molar-refractivity contribution in [3.05, 3.63) is 35.2 Å². The van der Waals surface area contributed by atoms with E-state index in [1.807, 2.05) is 11.6 Å². The number of halogens is 1. The molecule has 0 aliphatic heterocycles. The molecule has 0 fully saturated rings. The second-order valence-electron chi connectivity index (χ2n) is 3.36. The smallest absolute Gasteiger partial charge is 0.144 e. The van der Waals surface area contributed by atoms with Gasteiger partial charge in [0.25, 0.3) is 0 Å². The molecule has 5 nitrogen and oxygen atoms in total. The Morgan fingerprint density at radius 3 is 2.88 bits per heavy atom. The molecular formula is C10H12BrN5. The molecule has 0 atom stereocenters. The number of hydrogen-bond acceptors (Lipinski definition) is 4. The Kier molecular flexibility index (Phi) is 3.51. The van der Waals surface area contributed by atoms with Gasteiger partial charge in [0.1, 0.15) is 10.4 Å². The third-order valence-electron chi connectivity index (χ3n) is 2.17. The van der Waals surface area contributed by atoms with Crippen molar-refractivity contribution in [2.45, 2.75) is 6.42 Å². The fourth-order valence-electron chi connectivity index (χ4n) is 1.33. The van der Waals surface area contributed by atoms with E-state index in [2.05, 4.69) is 36.2 Å². The summed E-state index contributed by atoms with van der Waals surface area (Å²) in [6, 6.07) is 0. The first-order valence-corrected chi connectivity index (χ1v) is 5.72. The Hall–Kier alpha value is -1.43. The Morgan fingerprint density at radius 2 is 2.25 bits per heavy atom. The van der Waals surface area contributed by atoms with Crippen LogP contribution in [0.2, 0.25) is 0 Å². The maximum Gasteiger partial charge on any atom is 0.144 e. The van der Waals surface area contributed by atoms with Gasteiger partial charge in [0, 0.05) is 32.4 Å². The van der Waals surface area contributed by atoms with E-state index in [1.165, 1.54) is 0 Å². The molecule has 0 saturated carbocycles. The molecule has 2 aromatic heterocycles. The van der Waals surface area contributed by atoms with Crippen molar-refractivity contribution >= 4 is 21.7 Å². The standard InChI is InChI=1S/C10H12BrN5/c1-16-7-15-8(10(16)11)2-3-13-9-6-12-4-5-14-9/h4-7H,2-3H2,1H3,(H,13,14). The van der Waals surface area contributed by atoms with Gasteiger partial charge in [-0.1, -0.05) is 0 Å². The summed E-state index contributed by atoms with van der Waals surface area (Å²) in [5.74, 6) is 0.787. The molecule has 0 aromatic carbocycles. The highest BCUT2D eigenvalue weighted by molar-refractivity contribution is 9.10. The minimum Gasteiger partial charge on any atom is -0.368 e. The van der Waals surface area contributed by atoms with Crippen LogP contribution in [0.4, 0.5) is 5.82 Å². The van der Waals surface area contributed by atoms with E-state index in [0.29, 0.717) is 0 Å². The predicted molar refractivity (Wildman–Crippen MR) is 65.1 cm³/mol. The van der Waals surface area contributed by atoms with Gasteiger partial charge in [-0.05, 0) is 15.9 Å². The van der Waals surface area contributed by atoms with E-state index >= 15 is 0 Å². The summed E-state index contributed by atoms with van der Waals surface area (Å²) < 4.78 is 2.96. The second-order valence-corrected chi connectivity index (χ2v) is 4.11. The van der Waals surface area contributed by atoms with Crippen LogP contribution >= 0.6 is 15.9 Å². The molecule has 2 aromatic rings. The molecule has 0 bridgehead atoms. The monoisotopic (exact) mass is 281 g/mol. The van der Waals surface area contributed by atoms with Gasteiger partial charge in [-0.2, -0.15) is 0 Å². The minimum absolute atomic E-state index is 0.786. The number of nitrogens with one attached hydrogen (secondary N) is 1. The molecule has 0 unspecified atom stereocenters. The average Bonchev–Trinajstić information content (AvgIpc) is 2.62. The maximum atomic E-state index is 4.29. The average molecular weight is 282 g/mol. The molecule has 0 aliphatic carbocycles. The fraction of sp³-hybridized carbons (Fsp3) is 0.300. The van der Waals surface area contributed by atoms with Gasteiger partial charge in [-0.25, -0.2) is 9.97 Å². The second kappa shape index (κ2) is 5.07. The van der Waals surface area contributed by atoms with Crippen LogP contribution < -0.4 is 5.32 Å². The van der Waals surface area contributed by atoms with Gasteiger partial charge in [0.05, 0.1) is 18.2 Å². The number of aromatic nitrogens is 4. The first kappa shape index (κ1) is 11.1. The van der Waals surface area contributed by atoms with Crippen LogP contribution in [0.25, 0.3) is 0 Å². The zero-order chi connectivity index (χ0) is 11.4. The maximum absolute atomic E-state index is 4.29. The van der Waals surface area contributed by atoms with Crippen molar-refractivity contribution in [3.63, 3.8) is 0 Å². The van der Waals surface area contributed by atoms with Crippen LogP contribution in [-0.2, 0) is 13.5 Å². The number of rotatable bonds is 4. The van der Waals surface area contributed by atoms with Gasteiger partial charge in [-0.15, -0.1) is 0 Å². The van der Waals surface area contributed by atoms with E-state index in [9.17, 15) is 0 Å². The zero-order valence-corrected chi connectivity index (χ0v) is 10.5. The van der Waals surface area contributed by atoms with Crippen LogP contribution in [0.3, 0.4) is 0 Å². The Labute approximate surface area is 102 Å². The molecule has 2 rings (SSSR count).